The summed E-state index contributed by atoms with van der Waals surface area (Å²) in [5.74, 6) is 0.0705. The van der Waals surface area contributed by atoms with E-state index in [0.29, 0.717) is 23.5 Å². The number of hydrogen-bond donors (Lipinski definition) is 0. The van der Waals surface area contributed by atoms with Crippen LogP contribution in [0, 0.1) is 23.5 Å². The SMILES string of the molecule is CCCC1CCC(CCc2c(F)cc(-c3ccccc3)c(Oc3ccc(OC(F)F)cc3)c2F)CC1. The van der Waals surface area contributed by atoms with Crippen molar-refractivity contribution in [3.8, 4) is 28.4 Å². The largest absolute Gasteiger partial charge is 0.454 e. The van der Waals surface area contributed by atoms with Crippen LogP contribution in [0.25, 0.3) is 11.1 Å². The third-order valence-electron chi connectivity index (χ3n) is 7.09. The van der Waals surface area contributed by atoms with Gasteiger partial charge in [0.15, 0.2) is 11.6 Å². The lowest BCUT2D eigenvalue weighted by Gasteiger charge is -2.28. The molecule has 1 fully saturated rings. The molecule has 0 aromatic heterocycles. The third-order valence-corrected chi connectivity index (χ3v) is 7.09. The maximum Gasteiger partial charge on any atom is 0.387 e. The van der Waals surface area contributed by atoms with E-state index in [1.54, 1.807) is 24.3 Å². The first-order valence-electron chi connectivity index (χ1n) is 12.7. The molecular formula is C30H32F4O2. The quantitative estimate of drug-likeness (QED) is 0.258. The molecule has 1 saturated carbocycles. The van der Waals surface area contributed by atoms with Gasteiger partial charge in [-0.3, -0.25) is 0 Å². The molecule has 0 N–H and O–H groups in total. The summed E-state index contributed by atoms with van der Waals surface area (Å²) in [6.07, 6.45) is 8.08. The van der Waals surface area contributed by atoms with Crippen molar-refractivity contribution in [3.63, 3.8) is 0 Å². The zero-order valence-corrected chi connectivity index (χ0v) is 20.5. The molecule has 0 spiro atoms. The average molecular weight is 501 g/mol. The van der Waals surface area contributed by atoms with Gasteiger partial charge in [0, 0.05) is 11.1 Å². The summed E-state index contributed by atoms with van der Waals surface area (Å²) in [6, 6.07) is 15.7. The summed E-state index contributed by atoms with van der Waals surface area (Å²) in [5.41, 5.74) is 0.934. The highest BCUT2D eigenvalue weighted by atomic mass is 19.3. The summed E-state index contributed by atoms with van der Waals surface area (Å²) >= 11 is 0. The van der Waals surface area contributed by atoms with Crippen LogP contribution in [-0.4, -0.2) is 6.61 Å². The van der Waals surface area contributed by atoms with E-state index >= 15 is 8.78 Å². The predicted molar refractivity (Wildman–Crippen MR) is 134 cm³/mol. The van der Waals surface area contributed by atoms with Crippen LogP contribution in [0.1, 0.15) is 57.4 Å². The molecule has 0 unspecified atom stereocenters. The standard InChI is InChI=1S/C30H32F4O2/c1-2-6-20-9-11-21(12-10-20)13-18-25-27(31)19-26(22-7-4-3-5-8-22)29(28(25)32)35-23-14-16-24(17-15-23)36-30(33)34/h3-5,7-8,14-17,19-21,30H,2,6,9-13,18H2,1H3. The molecule has 36 heavy (non-hydrogen) atoms. The van der Waals surface area contributed by atoms with Gasteiger partial charge < -0.3 is 9.47 Å². The molecule has 0 aliphatic heterocycles. The lowest BCUT2D eigenvalue weighted by atomic mass is 9.78. The Balaban J connectivity index is 1.58. The van der Waals surface area contributed by atoms with Gasteiger partial charge in [-0.25, -0.2) is 8.78 Å². The van der Waals surface area contributed by atoms with Crippen molar-refractivity contribution in [2.45, 2.75) is 64.9 Å². The summed E-state index contributed by atoms with van der Waals surface area (Å²) in [7, 11) is 0. The normalized spacial score (nSPS) is 17.8. The fourth-order valence-corrected chi connectivity index (χ4v) is 5.17. The van der Waals surface area contributed by atoms with E-state index in [9.17, 15) is 8.78 Å². The highest BCUT2D eigenvalue weighted by Crippen LogP contribution is 2.40. The predicted octanol–water partition coefficient (Wildman–Crippen LogP) is 9.56. The van der Waals surface area contributed by atoms with Gasteiger partial charge >= 0.3 is 6.61 Å². The lowest BCUT2D eigenvalue weighted by molar-refractivity contribution is -0.0498. The van der Waals surface area contributed by atoms with Crippen LogP contribution in [0.5, 0.6) is 17.2 Å². The van der Waals surface area contributed by atoms with E-state index in [1.807, 2.05) is 6.07 Å². The number of benzene rings is 3. The Labute approximate surface area is 210 Å². The van der Waals surface area contributed by atoms with E-state index in [1.165, 1.54) is 56.0 Å². The fourth-order valence-electron chi connectivity index (χ4n) is 5.17. The molecule has 0 radical (unpaired) electrons. The van der Waals surface area contributed by atoms with Crippen molar-refractivity contribution in [2.24, 2.45) is 11.8 Å². The van der Waals surface area contributed by atoms with Crippen molar-refractivity contribution in [1.29, 1.82) is 0 Å². The summed E-state index contributed by atoms with van der Waals surface area (Å²) in [4.78, 5) is 0. The molecule has 2 nitrogen and oxygen atoms in total. The van der Waals surface area contributed by atoms with E-state index in [0.717, 1.165) is 25.2 Å². The molecule has 192 valence electrons. The first-order valence-corrected chi connectivity index (χ1v) is 12.7. The third kappa shape index (κ3) is 6.59. The van der Waals surface area contributed by atoms with Crippen LogP contribution < -0.4 is 9.47 Å². The van der Waals surface area contributed by atoms with Crippen LogP contribution in [-0.2, 0) is 6.42 Å². The molecule has 0 atom stereocenters. The minimum absolute atomic E-state index is 0.0259. The van der Waals surface area contributed by atoms with Gasteiger partial charge in [0.05, 0.1) is 0 Å². The maximum atomic E-state index is 15.8. The van der Waals surface area contributed by atoms with E-state index in [-0.39, 0.29) is 22.8 Å². The molecule has 6 heteroatoms. The molecule has 0 amide bonds. The topological polar surface area (TPSA) is 18.5 Å². The second-order valence-electron chi connectivity index (χ2n) is 9.56. The Morgan fingerprint density at radius 2 is 1.44 bits per heavy atom. The molecule has 0 saturated heterocycles. The van der Waals surface area contributed by atoms with Gasteiger partial charge in [-0.2, -0.15) is 8.78 Å². The molecule has 0 heterocycles. The van der Waals surface area contributed by atoms with Crippen LogP contribution in [0.4, 0.5) is 17.6 Å². The van der Waals surface area contributed by atoms with E-state index < -0.39 is 18.2 Å². The Bertz CT molecular complexity index is 1110. The number of hydrogen-bond acceptors (Lipinski definition) is 2. The van der Waals surface area contributed by atoms with E-state index in [4.69, 9.17) is 4.74 Å². The molecule has 3 aromatic rings. The number of ether oxygens (including phenoxy) is 2. The number of halogens is 4. The van der Waals surface area contributed by atoms with Crippen molar-refractivity contribution in [3.05, 3.63) is 77.9 Å². The number of alkyl halides is 2. The summed E-state index contributed by atoms with van der Waals surface area (Å²) in [5, 5.41) is 0. The Morgan fingerprint density at radius 3 is 2.06 bits per heavy atom. The highest BCUT2D eigenvalue weighted by molar-refractivity contribution is 5.72. The van der Waals surface area contributed by atoms with E-state index in [2.05, 4.69) is 11.7 Å². The van der Waals surface area contributed by atoms with Crippen LogP contribution in [0.15, 0.2) is 60.7 Å². The van der Waals surface area contributed by atoms with Crippen LogP contribution in [0.2, 0.25) is 0 Å². The molecule has 1 aliphatic rings. The molecule has 4 rings (SSSR count). The van der Waals surface area contributed by atoms with Crippen molar-refractivity contribution in [1.82, 2.24) is 0 Å². The first-order chi connectivity index (χ1) is 17.4. The zero-order valence-electron chi connectivity index (χ0n) is 20.5. The summed E-state index contributed by atoms with van der Waals surface area (Å²) in [6.45, 7) is -0.734. The van der Waals surface area contributed by atoms with Gasteiger partial charge in [-0.15, -0.1) is 0 Å². The zero-order chi connectivity index (χ0) is 25.5. The van der Waals surface area contributed by atoms with Gasteiger partial charge in [0.1, 0.15) is 17.3 Å². The molecular weight excluding hydrogens is 468 g/mol. The van der Waals surface area contributed by atoms with Gasteiger partial charge in [-0.05, 0) is 60.6 Å². The van der Waals surface area contributed by atoms with Gasteiger partial charge in [-0.1, -0.05) is 75.8 Å². The minimum Gasteiger partial charge on any atom is -0.454 e. The van der Waals surface area contributed by atoms with Crippen molar-refractivity contribution >= 4 is 0 Å². The Morgan fingerprint density at radius 1 is 0.833 bits per heavy atom. The number of rotatable bonds is 10. The van der Waals surface area contributed by atoms with Crippen LogP contribution in [0.3, 0.4) is 0 Å². The fraction of sp³-hybridized carbons (Fsp3) is 0.400. The van der Waals surface area contributed by atoms with Crippen molar-refractivity contribution in [2.75, 3.05) is 0 Å². The van der Waals surface area contributed by atoms with Gasteiger partial charge in [0.2, 0.25) is 0 Å². The monoisotopic (exact) mass is 500 g/mol. The molecule has 3 aromatic carbocycles. The summed E-state index contributed by atoms with van der Waals surface area (Å²) < 4.78 is 66.3. The average Bonchev–Trinajstić information content (AvgIpc) is 2.88. The Hall–Kier alpha value is -3.02. The minimum atomic E-state index is -2.94. The molecule has 0 bridgehead atoms. The Kier molecular flexibility index (Phi) is 8.89. The second-order valence-corrected chi connectivity index (χ2v) is 9.56. The smallest absolute Gasteiger partial charge is 0.387 e. The first kappa shape index (κ1) is 26.1. The second kappa shape index (κ2) is 12.3. The highest BCUT2D eigenvalue weighted by Gasteiger charge is 2.25. The molecule has 1 aliphatic carbocycles. The van der Waals surface area contributed by atoms with Gasteiger partial charge in [0.25, 0.3) is 0 Å². The van der Waals surface area contributed by atoms with Crippen LogP contribution >= 0.6 is 0 Å². The van der Waals surface area contributed by atoms with Crippen molar-refractivity contribution < 1.29 is 27.0 Å². The maximum absolute atomic E-state index is 15.8. The lowest BCUT2D eigenvalue weighted by Crippen LogP contribution is -2.15.